The topological polar surface area (TPSA) is 96.7 Å². The highest BCUT2D eigenvalue weighted by Gasteiger charge is 2.16. The van der Waals surface area contributed by atoms with Crippen molar-refractivity contribution < 1.29 is 9.21 Å². The van der Waals surface area contributed by atoms with Crippen molar-refractivity contribution in [3.8, 4) is 17.7 Å². The fourth-order valence-corrected chi connectivity index (χ4v) is 3.46. The number of furan rings is 1. The van der Waals surface area contributed by atoms with Gasteiger partial charge in [-0.25, -0.2) is 0 Å². The molecule has 4 aromatic rings. The molecule has 0 aliphatic heterocycles. The summed E-state index contributed by atoms with van der Waals surface area (Å²) in [5, 5.41) is 21.8. The fourth-order valence-electron chi connectivity index (χ4n) is 2.75. The van der Waals surface area contributed by atoms with Crippen molar-refractivity contribution in [2.24, 2.45) is 7.05 Å². The van der Waals surface area contributed by atoms with Crippen LogP contribution < -0.4 is 5.32 Å². The molecule has 0 radical (unpaired) electrons. The van der Waals surface area contributed by atoms with E-state index >= 15 is 0 Å². The van der Waals surface area contributed by atoms with E-state index in [1.807, 2.05) is 37.4 Å². The van der Waals surface area contributed by atoms with Crippen LogP contribution in [0.3, 0.4) is 0 Å². The normalized spacial score (nSPS) is 10.7. The Morgan fingerprint density at radius 3 is 2.82 bits per heavy atom. The third kappa shape index (κ3) is 3.48. The predicted molar refractivity (Wildman–Crippen MR) is 107 cm³/mol. The second kappa shape index (κ2) is 7.58. The number of benzene rings is 2. The summed E-state index contributed by atoms with van der Waals surface area (Å²) in [6.07, 6.45) is 0. The lowest BCUT2D eigenvalue weighted by molar-refractivity contribution is -0.113. The summed E-state index contributed by atoms with van der Waals surface area (Å²) in [6, 6.07) is 18.6. The van der Waals surface area contributed by atoms with E-state index in [4.69, 9.17) is 9.68 Å². The lowest BCUT2D eigenvalue weighted by atomic mass is 10.2. The van der Waals surface area contributed by atoms with Gasteiger partial charge in [0.25, 0.3) is 0 Å². The number of hydrogen-bond acceptors (Lipinski definition) is 6. The second-order valence-corrected chi connectivity index (χ2v) is 6.95. The minimum atomic E-state index is -0.221. The number of carbonyl (C=O) groups is 1. The Morgan fingerprint density at radius 2 is 2.00 bits per heavy atom. The number of nitrogens with zero attached hydrogens (tertiary/aromatic N) is 4. The Balaban J connectivity index is 1.46. The summed E-state index contributed by atoms with van der Waals surface area (Å²) in [5.41, 5.74) is 1.70. The first-order valence-electron chi connectivity index (χ1n) is 8.46. The molecule has 2 aromatic carbocycles. The molecule has 2 aromatic heterocycles. The van der Waals surface area contributed by atoms with Crippen LogP contribution >= 0.6 is 11.8 Å². The number of para-hydroxylation sites is 2. The molecule has 2 heterocycles. The van der Waals surface area contributed by atoms with E-state index in [1.54, 1.807) is 28.8 Å². The maximum Gasteiger partial charge on any atom is 0.234 e. The SMILES string of the molecule is Cn1c(SCC(=O)Nc2ccccc2C#N)nnc1-c1cc2ccccc2o1. The number of hydrogen-bond donors (Lipinski definition) is 1. The maximum absolute atomic E-state index is 12.2. The van der Waals surface area contributed by atoms with Gasteiger partial charge in [0, 0.05) is 12.4 Å². The van der Waals surface area contributed by atoms with Crippen LogP contribution in [0.4, 0.5) is 5.69 Å². The van der Waals surface area contributed by atoms with E-state index in [2.05, 4.69) is 21.6 Å². The van der Waals surface area contributed by atoms with Crippen molar-refractivity contribution in [3.63, 3.8) is 0 Å². The van der Waals surface area contributed by atoms with Crippen molar-refractivity contribution in [1.82, 2.24) is 14.8 Å². The number of thioether (sulfide) groups is 1. The van der Waals surface area contributed by atoms with Crippen LogP contribution in [0.5, 0.6) is 0 Å². The zero-order valence-electron chi connectivity index (χ0n) is 14.9. The summed E-state index contributed by atoms with van der Waals surface area (Å²) in [5.74, 6) is 1.14. The first kappa shape index (κ1) is 17.8. The number of nitrogens with one attached hydrogen (secondary N) is 1. The Hall–Kier alpha value is -3.57. The highest BCUT2D eigenvalue weighted by Crippen LogP contribution is 2.28. The van der Waals surface area contributed by atoms with Crippen LogP contribution in [0.1, 0.15) is 5.56 Å². The first-order chi connectivity index (χ1) is 13.7. The molecule has 0 saturated heterocycles. The van der Waals surface area contributed by atoms with Gasteiger partial charge in [0.05, 0.1) is 17.0 Å². The van der Waals surface area contributed by atoms with E-state index in [1.165, 1.54) is 11.8 Å². The molecule has 0 aliphatic carbocycles. The molecular formula is C20H15N5O2S. The van der Waals surface area contributed by atoms with Crippen LogP contribution in [0.15, 0.2) is 64.2 Å². The van der Waals surface area contributed by atoms with Gasteiger partial charge in [-0.2, -0.15) is 5.26 Å². The van der Waals surface area contributed by atoms with Crippen LogP contribution in [-0.4, -0.2) is 26.4 Å². The minimum absolute atomic E-state index is 0.145. The number of nitriles is 1. The minimum Gasteiger partial charge on any atom is -0.453 e. The number of amides is 1. The molecule has 0 unspecified atom stereocenters. The monoisotopic (exact) mass is 389 g/mol. The average molecular weight is 389 g/mol. The van der Waals surface area contributed by atoms with E-state index in [-0.39, 0.29) is 11.7 Å². The molecule has 1 N–H and O–H groups in total. The summed E-state index contributed by atoms with van der Waals surface area (Å²) < 4.78 is 7.63. The molecule has 138 valence electrons. The van der Waals surface area contributed by atoms with Gasteiger partial charge >= 0.3 is 0 Å². The number of anilines is 1. The molecule has 0 bridgehead atoms. The molecule has 4 rings (SSSR count). The van der Waals surface area contributed by atoms with E-state index in [9.17, 15) is 4.79 Å². The van der Waals surface area contributed by atoms with E-state index in [0.717, 1.165) is 11.0 Å². The summed E-state index contributed by atoms with van der Waals surface area (Å²) in [6.45, 7) is 0. The largest absolute Gasteiger partial charge is 0.453 e. The van der Waals surface area contributed by atoms with Gasteiger partial charge in [-0.05, 0) is 24.3 Å². The standard InChI is InChI=1S/C20H15N5O2S/c1-25-19(17-10-13-6-3-5-9-16(13)27-17)23-24-20(25)28-12-18(26)22-15-8-4-2-7-14(15)11-21/h2-10H,12H2,1H3,(H,22,26). The lowest BCUT2D eigenvalue weighted by Gasteiger charge is -2.06. The van der Waals surface area contributed by atoms with Crippen LogP contribution in [-0.2, 0) is 11.8 Å². The van der Waals surface area contributed by atoms with Gasteiger partial charge < -0.3 is 14.3 Å². The molecule has 1 amide bonds. The summed E-state index contributed by atoms with van der Waals surface area (Å²) >= 11 is 1.26. The van der Waals surface area contributed by atoms with Gasteiger partial charge in [-0.15, -0.1) is 10.2 Å². The summed E-state index contributed by atoms with van der Waals surface area (Å²) in [4.78, 5) is 12.2. The molecule has 0 aliphatic rings. The zero-order chi connectivity index (χ0) is 19.5. The number of carbonyl (C=O) groups excluding carboxylic acids is 1. The third-order valence-corrected chi connectivity index (χ3v) is 5.16. The number of fused-ring (bicyclic) bond motifs is 1. The molecule has 0 spiro atoms. The lowest BCUT2D eigenvalue weighted by Crippen LogP contribution is -2.15. The Bertz CT molecular complexity index is 1170. The first-order valence-corrected chi connectivity index (χ1v) is 9.44. The zero-order valence-corrected chi connectivity index (χ0v) is 15.7. The Kier molecular flexibility index (Phi) is 4.83. The highest BCUT2D eigenvalue weighted by molar-refractivity contribution is 7.99. The third-order valence-electron chi connectivity index (χ3n) is 4.13. The molecule has 0 saturated carbocycles. The molecule has 0 fully saturated rings. The predicted octanol–water partition coefficient (Wildman–Crippen LogP) is 3.83. The second-order valence-electron chi connectivity index (χ2n) is 6.01. The number of rotatable bonds is 5. The quantitative estimate of drug-likeness (QED) is 0.521. The highest BCUT2D eigenvalue weighted by atomic mass is 32.2. The van der Waals surface area contributed by atoms with Crippen molar-refractivity contribution in [2.45, 2.75) is 5.16 Å². The van der Waals surface area contributed by atoms with Crippen molar-refractivity contribution >= 4 is 34.3 Å². The Labute approximate surface area is 165 Å². The molecule has 0 atom stereocenters. The van der Waals surface area contributed by atoms with Gasteiger partial charge in [-0.1, -0.05) is 42.1 Å². The molecule has 28 heavy (non-hydrogen) atoms. The fraction of sp³-hybridized carbons (Fsp3) is 0.100. The molecule has 8 heteroatoms. The van der Waals surface area contributed by atoms with Gasteiger partial charge in [-0.3, -0.25) is 4.79 Å². The van der Waals surface area contributed by atoms with E-state index in [0.29, 0.717) is 28.0 Å². The van der Waals surface area contributed by atoms with Crippen molar-refractivity contribution in [3.05, 3.63) is 60.2 Å². The summed E-state index contributed by atoms with van der Waals surface area (Å²) in [7, 11) is 1.83. The molecular weight excluding hydrogens is 374 g/mol. The van der Waals surface area contributed by atoms with Crippen molar-refractivity contribution in [1.29, 1.82) is 5.26 Å². The average Bonchev–Trinajstić information content (AvgIpc) is 3.29. The van der Waals surface area contributed by atoms with E-state index < -0.39 is 0 Å². The Morgan fingerprint density at radius 1 is 1.21 bits per heavy atom. The van der Waals surface area contributed by atoms with Gasteiger partial charge in [0.1, 0.15) is 11.7 Å². The maximum atomic E-state index is 12.2. The van der Waals surface area contributed by atoms with Gasteiger partial charge in [0.15, 0.2) is 16.7 Å². The van der Waals surface area contributed by atoms with Crippen LogP contribution in [0.2, 0.25) is 0 Å². The van der Waals surface area contributed by atoms with Crippen molar-refractivity contribution in [2.75, 3.05) is 11.1 Å². The number of aromatic nitrogens is 3. The van der Waals surface area contributed by atoms with Crippen LogP contribution in [0.25, 0.3) is 22.6 Å². The van der Waals surface area contributed by atoms with Gasteiger partial charge in [0.2, 0.25) is 5.91 Å². The smallest absolute Gasteiger partial charge is 0.234 e. The van der Waals surface area contributed by atoms with Crippen LogP contribution in [0, 0.1) is 11.3 Å². The molecule has 7 nitrogen and oxygen atoms in total.